The number of rotatable bonds is 89. The largest absolute Gasteiger partial charge is 1.00 e. The van der Waals surface area contributed by atoms with E-state index in [4.69, 9.17) is 123 Å². The molecule has 6 aromatic rings. The monoisotopic (exact) mass is 2270 g/mol. The van der Waals surface area contributed by atoms with Crippen LogP contribution in [0.3, 0.4) is 0 Å². The van der Waals surface area contributed by atoms with Crippen LogP contribution in [0.25, 0.3) is 0 Å². The molecular weight excluding hydrogens is 2110 g/mol. The van der Waals surface area contributed by atoms with Gasteiger partial charge in [0.2, 0.25) is 17.4 Å². The third-order valence-corrected chi connectivity index (χ3v) is 20.6. The third-order valence-electron chi connectivity index (χ3n) is 20.6. The van der Waals surface area contributed by atoms with Crippen LogP contribution in [-0.2, 0) is 110 Å². The molecule has 0 aliphatic carbocycles. The van der Waals surface area contributed by atoms with Crippen molar-refractivity contribution in [3.05, 3.63) is 130 Å². The molecule has 0 saturated heterocycles. The quantitative estimate of drug-likeness (QED) is 0.0145. The van der Waals surface area contributed by atoms with Gasteiger partial charge in [-0.25, -0.2) is 0 Å². The van der Waals surface area contributed by atoms with Crippen LogP contribution in [0, 0.1) is 45.4 Å². The van der Waals surface area contributed by atoms with Crippen LogP contribution in [0.5, 0.6) is 80.5 Å². The number of benzene rings is 6. The van der Waals surface area contributed by atoms with Crippen molar-refractivity contribution < 1.29 is 302 Å². The fraction of sp³-hybridized carbons (Fsp3) is 0.612. The zero-order valence-corrected chi connectivity index (χ0v) is 96.3. The smallest absolute Gasteiger partial charge is 0.504 e. The molecule has 0 atom stereocenters. The second-order valence-corrected chi connectivity index (χ2v) is 31.9. The predicted molar refractivity (Wildman–Crippen MR) is 535 cm³/mol. The molecule has 0 spiro atoms. The number of carbonyl (C=O) groups excluding carboxylic acids is 4. The first-order valence-corrected chi connectivity index (χ1v) is 48.6. The Hall–Kier alpha value is -6.04. The third kappa shape index (κ3) is 62.5. The summed E-state index contributed by atoms with van der Waals surface area (Å²) in [6.07, 6.45) is 3.42. The van der Waals surface area contributed by atoms with Gasteiger partial charge >= 0.3 is 88.7 Å². The minimum absolute atomic E-state index is 0. The molecule has 0 aliphatic heterocycles. The van der Waals surface area contributed by atoms with E-state index in [0.29, 0.717) is 242 Å². The van der Waals surface area contributed by atoms with E-state index in [9.17, 15) is 45.0 Å². The summed E-state index contributed by atoms with van der Waals surface area (Å²) in [5, 5.41) is 77.3. The second-order valence-electron chi connectivity index (χ2n) is 31.9. The van der Waals surface area contributed by atoms with Crippen LogP contribution in [0.4, 0.5) is 0 Å². The number of hydrogen-bond donors (Lipinski definition) is 11. The van der Waals surface area contributed by atoms with E-state index < -0.39 is 57.6 Å². The minimum atomic E-state index is -1.23. The van der Waals surface area contributed by atoms with Crippen LogP contribution in [0.2, 0.25) is 0 Å². The fourth-order valence-electron chi connectivity index (χ4n) is 13.4. The van der Waals surface area contributed by atoms with Gasteiger partial charge in [0, 0.05) is 127 Å². The fourth-order valence-corrected chi connectivity index (χ4v) is 13.4. The van der Waals surface area contributed by atoms with Crippen molar-refractivity contribution in [3.63, 3.8) is 0 Å². The van der Waals surface area contributed by atoms with Crippen molar-refractivity contribution in [1.82, 2.24) is 26.6 Å². The molecule has 45 heteroatoms. The van der Waals surface area contributed by atoms with E-state index in [1.165, 1.54) is 61.0 Å². The van der Waals surface area contributed by atoms with Crippen LogP contribution in [0.1, 0.15) is 127 Å². The molecule has 0 aliphatic rings. The van der Waals surface area contributed by atoms with E-state index in [2.05, 4.69) is 40.4 Å². The maximum Gasteiger partial charge on any atom is 1.00 e. The van der Waals surface area contributed by atoms with Gasteiger partial charge in [0.05, 0.1) is 215 Å². The molecule has 0 fully saturated rings. The van der Waals surface area contributed by atoms with E-state index in [1.807, 2.05) is 12.1 Å². The molecule has 6 rings (SSSR count). The van der Waals surface area contributed by atoms with E-state index in [-0.39, 0.29) is 316 Å². The molecule has 0 aromatic heterocycles. The summed E-state index contributed by atoms with van der Waals surface area (Å²) in [5.41, 5.74) is 0.263. The minimum Gasteiger partial charge on any atom is -0.504 e. The number of phenolic OH excluding ortho intramolecular Hbond substituents is 6. The number of aromatic hydroxyl groups is 6. The van der Waals surface area contributed by atoms with Gasteiger partial charge in [-0.3, -0.25) is 19.2 Å². The number of nitrogens with one attached hydrogen (secondary N) is 5. The summed E-state index contributed by atoms with van der Waals surface area (Å²) < 4.78 is 152. The van der Waals surface area contributed by atoms with Crippen LogP contribution < -0.4 is 153 Å². The molecule has 822 valence electrons. The number of para-hydroxylation sites is 3. The van der Waals surface area contributed by atoms with E-state index in [1.54, 1.807) is 73.0 Å². The first-order chi connectivity index (χ1) is 69.9. The number of phenols is 6. The maximum atomic E-state index is 15.2. The second kappa shape index (κ2) is 93.4. The molecule has 0 bridgehead atoms. The van der Waals surface area contributed by atoms with Crippen LogP contribution in [0.15, 0.2) is 97.1 Å². The number of amides is 4. The molecule has 4 amide bonds. The number of methoxy groups -OCH3 is 6. The normalized spacial score (nSPS) is 10.9. The van der Waals surface area contributed by atoms with Gasteiger partial charge < -0.3 is 180 Å². The number of ether oxygens (including phenoxy) is 26. The molecule has 0 heterocycles. The molecule has 148 heavy (non-hydrogen) atoms. The van der Waals surface area contributed by atoms with Crippen molar-refractivity contribution in [3.8, 4) is 80.5 Å². The molecule has 11 N–H and O–H groups in total. The first kappa shape index (κ1) is 142. The average molecular weight is 2270 g/mol. The number of hydrogen-bond acceptors (Lipinski definition) is 37. The van der Waals surface area contributed by atoms with Gasteiger partial charge in [-0.15, -0.1) is 0 Å². The van der Waals surface area contributed by atoms with Crippen molar-refractivity contribution >= 4 is 23.6 Å². The van der Waals surface area contributed by atoms with Gasteiger partial charge in [-0.05, 0) is 147 Å². The van der Waals surface area contributed by atoms with E-state index >= 15 is 4.79 Å². The van der Waals surface area contributed by atoms with Crippen molar-refractivity contribution in [2.75, 3.05) is 313 Å². The molecule has 0 saturated carbocycles. The molecule has 41 nitrogen and oxygen atoms in total. The molecule has 0 radical (unpaired) electrons. The Morgan fingerprint density at radius 2 is 0.520 bits per heavy atom. The Labute approximate surface area is 971 Å². The standard InChI is InChI=1S/C99H149N5O36.C3H8.CH4.Gd.3Na/c1-115-29-35-121-41-47-127-53-59-133-86-67-76(68-87(134-60-54-128-48-42-122-36-30-116-2)93(86)137-63-57-131-51-45-125-39-33-119-5)73-139-78-65-75(66-79(71-78)140-74-77-69-88(135-61-55-129-49-43-123-37-31-117-3)94(138-64-58-132-52-46-126-40-34-120-6)89(70-77)136-62-56-130-50-44-124-38-32-118-4)72-100-24-7-8-25-104-98(114)99(21-12-26-101-95(111)80-15-9-18-83(105)90(80)108,22-13-27-102-96(112)81-16-10-19-84(106)91(81)109)23-14-28-103-97(113)82-17-11-20-85(107)92(82)110;1-3-2;;;;;/h9-11,15-20,65-71,100,105-110H,7-8,12-14,21-64,72-74H2,1-6H3,(H,101,111)(H,102,112)(H,103,113)(H,104,114);3H2,1-2H3;1H4;;;;/q;;;;3*+1. The number of carbonyl (C=O) groups is 4. The summed E-state index contributed by atoms with van der Waals surface area (Å²) in [6, 6.07) is 24.8. The Morgan fingerprint density at radius 3 is 0.784 bits per heavy atom. The van der Waals surface area contributed by atoms with Gasteiger partial charge in [0.1, 0.15) is 64.4 Å². The Balaban J connectivity index is 0.0000267. The van der Waals surface area contributed by atoms with Crippen molar-refractivity contribution in [2.24, 2.45) is 5.41 Å². The number of unbranched alkanes of at least 4 members (excludes halogenated alkanes) is 1. The van der Waals surface area contributed by atoms with Crippen LogP contribution >= 0.6 is 0 Å². The summed E-state index contributed by atoms with van der Waals surface area (Å²) in [7, 11) is 9.62. The summed E-state index contributed by atoms with van der Waals surface area (Å²) in [6.45, 7) is 16.1. The van der Waals surface area contributed by atoms with Crippen molar-refractivity contribution in [1.29, 1.82) is 0 Å². The Kier molecular flexibility index (Phi) is 89.6. The van der Waals surface area contributed by atoms with Crippen LogP contribution in [-0.4, -0.2) is 367 Å². The summed E-state index contributed by atoms with van der Waals surface area (Å²) in [5.74, 6) is -2.93. The summed E-state index contributed by atoms with van der Waals surface area (Å²) >= 11 is 0. The Bertz CT molecular complexity index is 3980. The Morgan fingerprint density at radius 1 is 0.284 bits per heavy atom. The first-order valence-electron chi connectivity index (χ1n) is 48.6. The zero-order valence-electron chi connectivity index (χ0n) is 88.0. The van der Waals surface area contributed by atoms with E-state index in [0.717, 1.165) is 5.56 Å². The SMILES string of the molecule is C.CCC.COCCOCCOCCOc1cc(COc2cc(CNCCCCNC(=O)C(CCCNC(=O)c3cccc(O)c3O)(CCCNC(=O)c3cccc(O)c3O)CCCNC(=O)c3cccc(O)c3O)cc(OCc3cc(OCCOCCOCCOC)c(OCCOCCOCCOC)c(OCCOCCOCCOC)c3)c2)cc(OCCOCCOCCOC)c1OCCOCCOCCOC.[Gd].[Na+].[Na+].[Na+]. The van der Waals surface area contributed by atoms with Gasteiger partial charge in [0.15, 0.2) is 57.5 Å². The van der Waals surface area contributed by atoms with Gasteiger partial charge in [0.25, 0.3) is 17.7 Å². The molecular formula is C103H161GdN5Na3O36+3. The van der Waals surface area contributed by atoms with Gasteiger partial charge in [-0.1, -0.05) is 45.9 Å². The predicted octanol–water partition coefficient (Wildman–Crippen LogP) is 1.10. The van der Waals surface area contributed by atoms with Crippen molar-refractivity contribution in [2.45, 2.75) is 98.8 Å². The maximum absolute atomic E-state index is 15.2. The zero-order chi connectivity index (χ0) is 103. The molecule has 0 unspecified atom stereocenters. The topological polar surface area (TPSA) is 490 Å². The summed E-state index contributed by atoms with van der Waals surface area (Å²) in [4.78, 5) is 55.4. The molecule has 6 aromatic carbocycles. The van der Waals surface area contributed by atoms with Gasteiger partial charge in [-0.2, -0.15) is 0 Å². The average Bonchev–Trinajstić information content (AvgIpc) is 0.869.